The zero-order chi connectivity index (χ0) is 28.0. The molecule has 0 radical (unpaired) electrons. The van der Waals surface area contributed by atoms with Crippen molar-refractivity contribution in [3.63, 3.8) is 0 Å². The minimum atomic E-state index is -1.08. The third-order valence-corrected chi connectivity index (χ3v) is 6.32. The molecule has 1 atom stereocenters. The van der Waals surface area contributed by atoms with Gasteiger partial charge in [0.1, 0.15) is 24.5 Å². The molecule has 0 saturated heterocycles. The second-order valence-corrected chi connectivity index (χ2v) is 10.4. The van der Waals surface area contributed by atoms with Gasteiger partial charge in [-0.1, -0.05) is 48.5 Å². The summed E-state index contributed by atoms with van der Waals surface area (Å²) in [5.41, 5.74) is 4.61. The van der Waals surface area contributed by atoms with Crippen LogP contribution in [-0.4, -0.2) is 42.5 Å². The van der Waals surface area contributed by atoms with Crippen LogP contribution in [0.5, 0.6) is 0 Å². The highest BCUT2D eigenvalue weighted by Crippen LogP contribution is 2.44. The molecule has 3 aromatic carbocycles. The summed E-state index contributed by atoms with van der Waals surface area (Å²) in [6.45, 7) is 5.28. The van der Waals surface area contributed by atoms with Crippen molar-refractivity contribution >= 4 is 29.9 Å². The first-order valence-corrected chi connectivity index (χ1v) is 12.8. The maximum Gasteiger partial charge on any atom is 0.407 e. The molecule has 3 aromatic rings. The van der Waals surface area contributed by atoms with E-state index >= 15 is 0 Å². The lowest BCUT2D eigenvalue weighted by molar-refractivity contribution is -0.157. The van der Waals surface area contributed by atoms with Crippen molar-refractivity contribution < 1.29 is 28.7 Å². The summed E-state index contributed by atoms with van der Waals surface area (Å²) in [4.78, 5) is 49.0. The summed E-state index contributed by atoms with van der Waals surface area (Å²) in [5.74, 6) is -1.13. The fourth-order valence-corrected chi connectivity index (χ4v) is 4.55. The molecular formula is C31H32N2O6. The van der Waals surface area contributed by atoms with E-state index in [-0.39, 0.29) is 31.3 Å². The van der Waals surface area contributed by atoms with Gasteiger partial charge in [-0.3, -0.25) is 9.59 Å². The normalized spacial score (nSPS) is 13.0. The molecule has 202 valence electrons. The van der Waals surface area contributed by atoms with Crippen molar-refractivity contribution in [2.45, 2.75) is 51.2 Å². The molecule has 0 aliphatic heterocycles. The van der Waals surface area contributed by atoms with Crippen LogP contribution in [0.3, 0.4) is 0 Å². The number of hydrogen-bond donors (Lipinski definition) is 2. The Kier molecular flexibility index (Phi) is 8.44. The number of benzene rings is 3. The Morgan fingerprint density at radius 1 is 0.897 bits per heavy atom. The number of carbonyl (C=O) groups excluding carboxylic acids is 4. The number of hydrogen-bond acceptors (Lipinski definition) is 6. The summed E-state index contributed by atoms with van der Waals surface area (Å²) >= 11 is 0. The molecule has 1 aliphatic carbocycles. The van der Waals surface area contributed by atoms with Crippen LogP contribution >= 0.6 is 0 Å². The summed E-state index contributed by atoms with van der Waals surface area (Å²) < 4.78 is 11.1. The predicted octanol–water partition coefficient (Wildman–Crippen LogP) is 5.47. The topological polar surface area (TPSA) is 111 Å². The molecule has 0 unspecified atom stereocenters. The van der Waals surface area contributed by atoms with E-state index in [0.29, 0.717) is 17.5 Å². The lowest BCUT2D eigenvalue weighted by Crippen LogP contribution is -2.45. The van der Waals surface area contributed by atoms with Gasteiger partial charge in [-0.2, -0.15) is 0 Å². The zero-order valence-corrected chi connectivity index (χ0v) is 22.2. The highest BCUT2D eigenvalue weighted by Gasteiger charge is 2.31. The second-order valence-electron chi connectivity index (χ2n) is 10.4. The summed E-state index contributed by atoms with van der Waals surface area (Å²) in [6, 6.07) is 21.3. The Morgan fingerprint density at radius 2 is 1.49 bits per heavy atom. The minimum absolute atomic E-state index is 0.0113. The number of aldehydes is 1. The van der Waals surface area contributed by atoms with Crippen molar-refractivity contribution in [1.29, 1.82) is 0 Å². The molecule has 4 rings (SSSR count). The molecule has 0 saturated carbocycles. The SMILES string of the molecule is CC(C)(C)OC(=O)[C@H](CCC(=O)Nc1ccc(C=O)cc1)NC(=O)OCC1c2ccccc2-c2ccccc21. The molecule has 0 spiro atoms. The van der Waals surface area contributed by atoms with Gasteiger partial charge < -0.3 is 20.1 Å². The number of rotatable bonds is 9. The Labute approximate surface area is 227 Å². The molecule has 39 heavy (non-hydrogen) atoms. The van der Waals surface area contributed by atoms with Gasteiger partial charge in [0.05, 0.1) is 0 Å². The van der Waals surface area contributed by atoms with E-state index in [0.717, 1.165) is 22.3 Å². The summed E-state index contributed by atoms with van der Waals surface area (Å²) in [6.07, 6.45) is -0.0931. The maximum absolute atomic E-state index is 12.9. The van der Waals surface area contributed by atoms with Crippen molar-refractivity contribution in [3.8, 4) is 11.1 Å². The van der Waals surface area contributed by atoms with Crippen LogP contribution in [0.2, 0.25) is 0 Å². The molecule has 1 aliphatic rings. The Morgan fingerprint density at radius 3 is 2.05 bits per heavy atom. The van der Waals surface area contributed by atoms with E-state index in [1.807, 2.05) is 36.4 Å². The minimum Gasteiger partial charge on any atom is -0.458 e. The van der Waals surface area contributed by atoms with Gasteiger partial charge in [0.25, 0.3) is 0 Å². The van der Waals surface area contributed by atoms with Crippen LogP contribution < -0.4 is 10.6 Å². The van der Waals surface area contributed by atoms with Crippen molar-refractivity contribution in [2.24, 2.45) is 0 Å². The number of ether oxygens (including phenoxy) is 2. The number of nitrogens with one attached hydrogen (secondary N) is 2. The smallest absolute Gasteiger partial charge is 0.407 e. The Bertz CT molecular complexity index is 1310. The quantitative estimate of drug-likeness (QED) is 0.282. The molecule has 2 N–H and O–H groups in total. The molecule has 8 nitrogen and oxygen atoms in total. The molecular weight excluding hydrogens is 496 g/mol. The van der Waals surface area contributed by atoms with E-state index in [2.05, 4.69) is 22.8 Å². The zero-order valence-electron chi connectivity index (χ0n) is 22.2. The second kappa shape index (κ2) is 11.9. The number of fused-ring (bicyclic) bond motifs is 3. The van der Waals surface area contributed by atoms with E-state index in [1.54, 1.807) is 45.0 Å². The van der Waals surface area contributed by atoms with Gasteiger partial charge in [-0.05, 0) is 73.7 Å². The molecule has 8 heteroatoms. The highest BCUT2D eigenvalue weighted by molar-refractivity contribution is 5.92. The molecule has 0 bridgehead atoms. The summed E-state index contributed by atoms with van der Waals surface area (Å²) in [5, 5.41) is 5.31. The number of alkyl carbamates (subject to hydrolysis) is 1. The van der Waals surface area contributed by atoms with Gasteiger partial charge in [0.2, 0.25) is 5.91 Å². The van der Waals surface area contributed by atoms with Gasteiger partial charge in [0, 0.05) is 23.6 Å². The van der Waals surface area contributed by atoms with Crippen molar-refractivity contribution in [2.75, 3.05) is 11.9 Å². The van der Waals surface area contributed by atoms with Crippen LogP contribution in [0.15, 0.2) is 72.8 Å². The first-order valence-electron chi connectivity index (χ1n) is 12.8. The predicted molar refractivity (Wildman–Crippen MR) is 148 cm³/mol. The van der Waals surface area contributed by atoms with Crippen LogP contribution in [-0.2, 0) is 19.1 Å². The van der Waals surface area contributed by atoms with Crippen LogP contribution in [0.4, 0.5) is 10.5 Å². The summed E-state index contributed by atoms with van der Waals surface area (Å²) in [7, 11) is 0. The lowest BCUT2D eigenvalue weighted by Gasteiger charge is -2.24. The van der Waals surface area contributed by atoms with E-state index < -0.39 is 23.7 Å². The number of carbonyl (C=O) groups is 4. The monoisotopic (exact) mass is 528 g/mol. The third-order valence-electron chi connectivity index (χ3n) is 6.32. The largest absolute Gasteiger partial charge is 0.458 e. The average Bonchev–Trinajstić information content (AvgIpc) is 3.23. The number of amides is 2. The Hall–Kier alpha value is -4.46. The van der Waals surface area contributed by atoms with Gasteiger partial charge in [-0.25, -0.2) is 9.59 Å². The van der Waals surface area contributed by atoms with Gasteiger partial charge in [0.15, 0.2) is 0 Å². The van der Waals surface area contributed by atoms with Crippen molar-refractivity contribution in [1.82, 2.24) is 5.32 Å². The molecule has 0 fully saturated rings. The highest BCUT2D eigenvalue weighted by atomic mass is 16.6. The number of anilines is 1. The van der Waals surface area contributed by atoms with Crippen LogP contribution in [0, 0.1) is 0 Å². The third kappa shape index (κ3) is 7.10. The van der Waals surface area contributed by atoms with E-state index in [4.69, 9.17) is 9.47 Å². The van der Waals surface area contributed by atoms with Crippen LogP contribution in [0.1, 0.15) is 61.0 Å². The van der Waals surface area contributed by atoms with E-state index in [9.17, 15) is 19.2 Å². The molecule has 2 amide bonds. The van der Waals surface area contributed by atoms with Gasteiger partial charge in [-0.15, -0.1) is 0 Å². The average molecular weight is 529 g/mol. The maximum atomic E-state index is 12.9. The first-order chi connectivity index (χ1) is 18.6. The van der Waals surface area contributed by atoms with Gasteiger partial charge >= 0.3 is 12.1 Å². The Balaban J connectivity index is 1.38. The molecule has 0 aromatic heterocycles. The fraction of sp³-hybridized carbons (Fsp3) is 0.290. The lowest BCUT2D eigenvalue weighted by atomic mass is 9.98. The van der Waals surface area contributed by atoms with Crippen LogP contribution in [0.25, 0.3) is 11.1 Å². The van der Waals surface area contributed by atoms with Crippen molar-refractivity contribution in [3.05, 3.63) is 89.5 Å². The van der Waals surface area contributed by atoms with E-state index in [1.165, 1.54) is 0 Å². The fourth-order valence-electron chi connectivity index (χ4n) is 4.55. The standard InChI is InChI=1S/C31H32N2O6/c1-31(2,3)39-29(36)27(16-17-28(35)32-21-14-12-20(18-34)13-15-21)33-30(37)38-19-26-24-10-6-4-8-22(24)23-9-5-7-11-25(23)26/h4-15,18,26-27H,16-17,19H2,1-3H3,(H,32,35)(H,33,37)/t27-/m0/s1. The first kappa shape index (κ1) is 27.6. The molecule has 0 heterocycles. The number of esters is 1.